The van der Waals surface area contributed by atoms with Crippen LogP contribution in [0.2, 0.25) is 5.02 Å². The number of hydrogen-bond acceptors (Lipinski definition) is 2. The number of rotatable bonds is 2. The number of carboxylic acid groups (broad SMARTS) is 1. The SMILES string of the molecule is Cc1c(-c2cc(C(=O)O)n(C)n2)c2cccc(Cl)c2n1C. The van der Waals surface area contributed by atoms with E-state index in [1.54, 1.807) is 13.1 Å². The van der Waals surface area contributed by atoms with Crippen molar-refractivity contribution in [3.63, 3.8) is 0 Å². The molecule has 0 aliphatic rings. The lowest BCUT2D eigenvalue weighted by Crippen LogP contribution is -2.04. The Morgan fingerprint density at radius 2 is 2.05 bits per heavy atom. The normalized spacial score (nSPS) is 11.2. The number of fused-ring (bicyclic) bond motifs is 1. The predicted molar refractivity (Wildman–Crippen MR) is 81.8 cm³/mol. The van der Waals surface area contributed by atoms with Crippen LogP contribution in [0.3, 0.4) is 0 Å². The van der Waals surface area contributed by atoms with E-state index >= 15 is 0 Å². The standard InChI is InChI=1S/C15H14ClN3O2/c1-8-13(11-7-12(15(20)21)19(3)17-11)9-5-4-6-10(16)14(9)18(8)2/h4-7H,1-3H3,(H,20,21). The second kappa shape index (κ2) is 4.63. The molecule has 0 saturated carbocycles. The Morgan fingerprint density at radius 1 is 1.33 bits per heavy atom. The van der Waals surface area contributed by atoms with Gasteiger partial charge < -0.3 is 9.67 Å². The smallest absolute Gasteiger partial charge is 0.354 e. The summed E-state index contributed by atoms with van der Waals surface area (Å²) in [5.41, 5.74) is 3.63. The van der Waals surface area contributed by atoms with Gasteiger partial charge in [-0.25, -0.2) is 4.79 Å². The van der Waals surface area contributed by atoms with Crippen molar-refractivity contribution in [1.29, 1.82) is 0 Å². The first-order valence-electron chi connectivity index (χ1n) is 6.43. The van der Waals surface area contributed by atoms with E-state index in [4.69, 9.17) is 11.6 Å². The summed E-state index contributed by atoms with van der Waals surface area (Å²) in [4.78, 5) is 11.2. The number of nitrogens with zero attached hydrogens (tertiary/aromatic N) is 3. The van der Waals surface area contributed by atoms with Crippen molar-refractivity contribution in [1.82, 2.24) is 14.3 Å². The molecule has 0 unspecified atom stereocenters. The molecule has 0 fully saturated rings. The molecule has 6 heteroatoms. The van der Waals surface area contributed by atoms with E-state index in [1.165, 1.54) is 4.68 Å². The van der Waals surface area contributed by atoms with Crippen LogP contribution in [0.4, 0.5) is 0 Å². The molecule has 0 radical (unpaired) electrons. The number of halogens is 1. The van der Waals surface area contributed by atoms with Gasteiger partial charge in [0.2, 0.25) is 0 Å². The molecule has 0 amide bonds. The summed E-state index contributed by atoms with van der Waals surface area (Å²) in [6.45, 7) is 1.97. The van der Waals surface area contributed by atoms with E-state index in [-0.39, 0.29) is 5.69 Å². The summed E-state index contributed by atoms with van der Waals surface area (Å²) >= 11 is 6.28. The van der Waals surface area contributed by atoms with Crippen molar-refractivity contribution < 1.29 is 9.90 Å². The minimum Gasteiger partial charge on any atom is -0.477 e. The highest BCUT2D eigenvalue weighted by molar-refractivity contribution is 6.35. The molecular weight excluding hydrogens is 290 g/mol. The maximum absolute atomic E-state index is 11.2. The monoisotopic (exact) mass is 303 g/mol. The van der Waals surface area contributed by atoms with Gasteiger partial charge >= 0.3 is 5.97 Å². The van der Waals surface area contributed by atoms with Crippen molar-refractivity contribution >= 4 is 28.5 Å². The van der Waals surface area contributed by atoms with Gasteiger partial charge in [-0.2, -0.15) is 5.10 Å². The minimum atomic E-state index is -0.993. The van der Waals surface area contributed by atoms with Crippen LogP contribution in [-0.2, 0) is 14.1 Å². The molecule has 0 spiro atoms. The molecule has 1 N–H and O–H groups in total. The zero-order chi connectivity index (χ0) is 15.3. The van der Waals surface area contributed by atoms with Gasteiger partial charge in [0.05, 0.1) is 16.2 Å². The van der Waals surface area contributed by atoms with Crippen LogP contribution in [0.25, 0.3) is 22.2 Å². The van der Waals surface area contributed by atoms with E-state index in [0.29, 0.717) is 10.7 Å². The molecule has 108 valence electrons. The first kappa shape index (κ1) is 13.7. The third-order valence-corrected chi connectivity index (χ3v) is 4.12. The Bertz CT molecular complexity index is 877. The average Bonchev–Trinajstić information content (AvgIpc) is 2.90. The molecular formula is C15H14ClN3O2. The second-order valence-electron chi connectivity index (χ2n) is 5.00. The quantitative estimate of drug-likeness (QED) is 0.790. The van der Waals surface area contributed by atoms with Gasteiger partial charge in [0, 0.05) is 30.7 Å². The van der Waals surface area contributed by atoms with Crippen molar-refractivity contribution in [2.24, 2.45) is 14.1 Å². The van der Waals surface area contributed by atoms with Crippen molar-refractivity contribution in [3.8, 4) is 11.3 Å². The molecule has 0 aliphatic carbocycles. The van der Waals surface area contributed by atoms with E-state index in [1.807, 2.05) is 36.7 Å². The van der Waals surface area contributed by atoms with Gasteiger partial charge in [-0.1, -0.05) is 23.7 Å². The Hall–Kier alpha value is -2.27. The zero-order valence-electron chi connectivity index (χ0n) is 11.9. The summed E-state index contributed by atoms with van der Waals surface area (Å²) in [7, 11) is 3.56. The molecule has 3 rings (SSSR count). The molecule has 0 saturated heterocycles. The topological polar surface area (TPSA) is 60.0 Å². The molecule has 0 atom stereocenters. The molecule has 5 nitrogen and oxygen atoms in total. The average molecular weight is 304 g/mol. The van der Waals surface area contributed by atoms with E-state index < -0.39 is 5.97 Å². The number of aryl methyl sites for hydroxylation is 2. The Labute approximate surface area is 126 Å². The van der Waals surface area contributed by atoms with Gasteiger partial charge in [-0.05, 0) is 19.1 Å². The highest BCUT2D eigenvalue weighted by atomic mass is 35.5. The van der Waals surface area contributed by atoms with Gasteiger partial charge in [0.25, 0.3) is 0 Å². The summed E-state index contributed by atoms with van der Waals surface area (Å²) in [5, 5.41) is 15.1. The summed E-state index contributed by atoms with van der Waals surface area (Å²) in [6, 6.07) is 7.28. The van der Waals surface area contributed by atoms with Crippen LogP contribution in [0.5, 0.6) is 0 Å². The number of benzene rings is 1. The molecule has 2 aromatic heterocycles. The highest BCUT2D eigenvalue weighted by Crippen LogP contribution is 2.36. The molecule has 0 aliphatic heterocycles. The molecule has 0 bridgehead atoms. The molecule has 1 aromatic carbocycles. The van der Waals surface area contributed by atoms with E-state index in [9.17, 15) is 9.90 Å². The fourth-order valence-corrected chi connectivity index (χ4v) is 3.00. The van der Waals surface area contributed by atoms with Crippen LogP contribution >= 0.6 is 11.6 Å². The van der Waals surface area contributed by atoms with Crippen molar-refractivity contribution in [3.05, 3.63) is 40.7 Å². The number of para-hydroxylation sites is 1. The van der Waals surface area contributed by atoms with Crippen LogP contribution < -0.4 is 0 Å². The minimum absolute atomic E-state index is 0.156. The largest absolute Gasteiger partial charge is 0.477 e. The lowest BCUT2D eigenvalue weighted by molar-refractivity contribution is 0.0685. The maximum Gasteiger partial charge on any atom is 0.354 e. The molecule has 2 heterocycles. The van der Waals surface area contributed by atoms with Gasteiger partial charge in [-0.15, -0.1) is 0 Å². The Morgan fingerprint density at radius 3 is 2.67 bits per heavy atom. The highest BCUT2D eigenvalue weighted by Gasteiger charge is 2.20. The number of carboxylic acids is 1. The fourth-order valence-electron chi connectivity index (χ4n) is 2.70. The lowest BCUT2D eigenvalue weighted by Gasteiger charge is -2.00. The summed E-state index contributed by atoms with van der Waals surface area (Å²) in [5.74, 6) is -0.993. The van der Waals surface area contributed by atoms with Crippen LogP contribution in [0.15, 0.2) is 24.3 Å². The predicted octanol–water partition coefficient (Wildman–Crippen LogP) is 3.24. The Balaban J connectivity index is 2.36. The van der Waals surface area contributed by atoms with Crippen molar-refractivity contribution in [2.45, 2.75) is 6.92 Å². The summed E-state index contributed by atoms with van der Waals surface area (Å²) in [6.07, 6.45) is 0. The zero-order valence-corrected chi connectivity index (χ0v) is 12.6. The number of aromatic nitrogens is 3. The van der Waals surface area contributed by atoms with Crippen LogP contribution in [0, 0.1) is 6.92 Å². The first-order valence-corrected chi connectivity index (χ1v) is 6.80. The van der Waals surface area contributed by atoms with Crippen LogP contribution in [0.1, 0.15) is 16.2 Å². The second-order valence-corrected chi connectivity index (χ2v) is 5.41. The summed E-state index contributed by atoms with van der Waals surface area (Å²) < 4.78 is 3.38. The van der Waals surface area contributed by atoms with E-state index in [2.05, 4.69) is 5.10 Å². The number of carbonyl (C=O) groups is 1. The number of aromatic carboxylic acids is 1. The first-order chi connectivity index (χ1) is 9.91. The maximum atomic E-state index is 11.2. The molecule has 3 aromatic rings. The van der Waals surface area contributed by atoms with Crippen molar-refractivity contribution in [2.75, 3.05) is 0 Å². The molecule has 21 heavy (non-hydrogen) atoms. The van der Waals surface area contributed by atoms with E-state index in [0.717, 1.165) is 22.2 Å². The van der Waals surface area contributed by atoms with Gasteiger partial charge in [0.1, 0.15) is 5.69 Å². The third-order valence-electron chi connectivity index (χ3n) is 3.81. The van der Waals surface area contributed by atoms with Gasteiger partial charge in [0.15, 0.2) is 0 Å². The fraction of sp³-hybridized carbons (Fsp3) is 0.200. The lowest BCUT2D eigenvalue weighted by atomic mass is 10.1. The Kier molecular flexibility index (Phi) is 3.02. The third kappa shape index (κ3) is 1.93. The number of hydrogen-bond donors (Lipinski definition) is 1. The van der Waals surface area contributed by atoms with Crippen LogP contribution in [-0.4, -0.2) is 25.4 Å². The van der Waals surface area contributed by atoms with Gasteiger partial charge in [-0.3, -0.25) is 4.68 Å².